The Balaban J connectivity index is 2.12. The molecule has 0 aromatic carbocycles. The molecule has 3 nitrogen and oxygen atoms in total. The lowest BCUT2D eigenvalue weighted by atomic mass is 9.95. The molecule has 2 rings (SSSR count). The summed E-state index contributed by atoms with van der Waals surface area (Å²) in [7, 11) is 2.10. The maximum Gasteiger partial charge on any atom is 0.225 e. The fraction of sp³-hybridized carbons (Fsp3) is 0.538. The summed E-state index contributed by atoms with van der Waals surface area (Å²) in [5.41, 5.74) is 0.896. The maximum atomic E-state index is 4.46. The summed E-state index contributed by atoms with van der Waals surface area (Å²) in [6, 6.07) is 2.49. The van der Waals surface area contributed by atoms with Crippen LogP contribution in [0.25, 0.3) is 6.08 Å². The molecule has 1 aromatic rings. The van der Waals surface area contributed by atoms with Crippen LogP contribution in [0.15, 0.2) is 18.8 Å². The molecule has 1 heterocycles. The van der Waals surface area contributed by atoms with Crippen LogP contribution in [0.3, 0.4) is 0 Å². The van der Waals surface area contributed by atoms with Gasteiger partial charge in [-0.1, -0.05) is 25.8 Å². The maximum absolute atomic E-state index is 4.46. The Kier molecular flexibility index (Phi) is 3.54. The van der Waals surface area contributed by atoms with E-state index in [1.807, 2.05) is 6.07 Å². The van der Waals surface area contributed by atoms with E-state index in [9.17, 15) is 0 Å². The fourth-order valence-electron chi connectivity index (χ4n) is 2.28. The third kappa shape index (κ3) is 2.40. The van der Waals surface area contributed by atoms with Crippen LogP contribution >= 0.6 is 0 Å². The third-order valence-corrected chi connectivity index (χ3v) is 3.31. The first kappa shape index (κ1) is 11.1. The van der Waals surface area contributed by atoms with E-state index in [2.05, 4.69) is 28.5 Å². The minimum Gasteiger partial charge on any atom is -0.341 e. The zero-order valence-corrected chi connectivity index (χ0v) is 9.89. The minimum absolute atomic E-state index is 0.605. The predicted molar refractivity (Wildman–Crippen MR) is 67.4 cm³/mol. The van der Waals surface area contributed by atoms with Crippen molar-refractivity contribution in [1.29, 1.82) is 0 Å². The van der Waals surface area contributed by atoms with Crippen LogP contribution in [0.4, 0.5) is 5.95 Å². The molecule has 1 fully saturated rings. The number of hydrogen-bond donors (Lipinski definition) is 0. The Bertz CT molecular complexity index is 356. The normalized spacial score (nSPS) is 17.1. The van der Waals surface area contributed by atoms with E-state index >= 15 is 0 Å². The van der Waals surface area contributed by atoms with Crippen molar-refractivity contribution in [2.75, 3.05) is 11.9 Å². The van der Waals surface area contributed by atoms with Crippen molar-refractivity contribution in [3.63, 3.8) is 0 Å². The lowest BCUT2D eigenvalue weighted by Gasteiger charge is -2.31. The highest BCUT2D eigenvalue weighted by atomic mass is 15.2. The quantitative estimate of drug-likeness (QED) is 0.779. The van der Waals surface area contributed by atoms with Gasteiger partial charge in [-0.3, -0.25) is 0 Å². The van der Waals surface area contributed by atoms with Gasteiger partial charge in [0.15, 0.2) is 0 Å². The predicted octanol–water partition coefficient (Wildman–Crippen LogP) is 2.89. The van der Waals surface area contributed by atoms with Gasteiger partial charge in [-0.2, -0.15) is 0 Å². The molecule has 86 valence electrons. The number of nitrogens with zero attached hydrogens (tertiary/aromatic N) is 3. The van der Waals surface area contributed by atoms with E-state index in [-0.39, 0.29) is 0 Å². The molecule has 0 bridgehead atoms. The highest BCUT2D eigenvalue weighted by molar-refractivity contribution is 5.44. The highest BCUT2D eigenvalue weighted by Crippen LogP contribution is 2.23. The summed E-state index contributed by atoms with van der Waals surface area (Å²) in [5.74, 6) is 0.823. The van der Waals surface area contributed by atoms with Gasteiger partial charge in [0.05, 0.1) is 5.69 Å². The Morgan fingerprint density at radius 2 is 2.12 bits per heavy atom. The summed E-state index contributed by atoms with van der Waals surface area (Å²) in [6.45, 7) is 3.74. The van der Waals surface area contributed by atoms with Crippen LogP contribution in [0, 0.1) is 0 Å². The number of hydrogen-bond acceptors (Lipinski definition) is 3. The monoisotopic (exact) mass is 217 g/mol. The van der Waals surface area contributed by atoms with Gasteiger partial charge >= 0.3 is 0 Å². The first-order valence-corrected chi connectivity index (χ1v) is 5.99. The number of anilines is 1. The molecule has 1 aromatic heterocycles. The number of rotatable bonds is 3. The van der Waals surface area contributed by atoms with Crippen molar-refractivity contribution in [2.24, 2.45) is 0 Å². The van der Waals surface area contributed by atoms with Gasteiger partial charge in [-0.15, -0.1) is 0 Å². The molecular formula is C13H19N3. The molecule has 1 saturated carbocycles. The second kappa shape index (κ2) is 5.10. The van der Waals surface area contributed by atoms with E-state index in [1.165, 1.54) is 32.1 Å². The van der Waals surface area contributed by atoms with Crippen molar-refractivity contribution in [3.8, 4) is 0 Å². The average molecular weight is 217 g/mol. The van der Waals surface area contributed by atoms with E-state index in [0.717, 1.165) is 11.6 Å². The average Bonchev–Trinajstić information content (AvgIpc) is 2.39. The van der Waals surface area contributed by atoms with Gasteiger partial charge in [0, 0.05) is 19.3 Å². The van der Waals surface area contributed by atoms with Crippen LogP contribution in [-0.2, 0) is 0 Å². The highest BCUT2D eigenvalue weighted by Gasteiger charge is 2.19. The van der Waals surface area contributed by atoms with E-state index < -0.39 is 0 Å². The van der Waals surface area contributed by atoms with Gasteiger partial charge in [0.2, 0.25) is 5.95 Å². The first-order valence-electron chi connectivity index (χ1n) is 5.99. The molecule has 3 heteroatoms. The van der Waals surface area contributed by atoms with Crippen molar-refractivity contribution >= 4 is 12.0 Å². The van der Waals surface area contributed by atoms with Crippen LogP contribution in [0.5, 0.6) is 0 Å². The molecule has 0 radical (unpaired) electrons. The summed E-state index contributed by atoms with van der Waals surface area (Å²) in [5, 5.41) is 0. The first-order chi connectivity index (χ1) is 7.81. The van der Waals surface area contributed by atoms with E-state index in [0.29, 0.717) is 6.04 Å². The molecule has 0 unspecified atom stereocenters. The van der Waals surface area contributed by atoms with Crippen LogP contribution in [0.2, 0.25) is 0 Å². The second-order valence-corrected chi connectivity index (χ2v) is 4.39. The van der Waals surface area contributed by atoms with Crippen molar-refractivity contribution in [2.45, 2.75) is 38.1 Å². The van der Waals surface area contributed by atoms with Crippen molar-refractivity contribution in [1.82, 2.24) is 9.97 Å². The summed E-state index contributed by atoms with van der Waals surface area (Å²) < 4.78 is 0. The molecule has 16 heavy (non-hydrogen) atoms. The molecule has 0 saturated heterocycles. The lowest BCUT2D eigenvalue weighted by molar-refractivity contribution is 0.424. The fourth-order valence-corrected chi connectivity index (χ4v) is 2.28. The molecular weight excluding hydrogens is 198 g/mol. The zero-order valence-electron chi connectivity index (χ0n) is 9.89. The van der Waals surface area contributed by atoms with E-state index in [1.54, 1.807) is 12.3 Å². The van der Waals surface area contributed by atoms with Gasteiger partial charge < -0.3 is 4.90 Å². The van der Waals surface area contributed by atoms with Crippen molar-refractivity contribution in [3.05, 3.63) is 24.5 Å². The second-order valence-electron chi connectivity index (χ2n) is 4.39. The van der Waals surface area contributed by atoms with Crippen LogP contribution in [-0.4, -0.2) is 23.1 Å². The summed E-state index contributed by atoms with van der Waals surface area (Å²) >= 11 is 0. The zero-order chi connectivity index (χ0) is 11.4. The largest absolute Gasteiger partial charge is 0.341 e. The standard InChI is InChI=1S/C13H19N3/c1-3-11-9-10-14-13(15-11)16(2)12-7-5-4-6-8-12/h3,9-10,12H,1,4-8H2,2H3. The Morgan fingerprint density at radius 1 is 1.38 bits per heavy atom. The Labute approximate surface area is 97.2 Å². The third-order valence-electron chi connectivity index (χ3n) is 3.31. The van der Waals surface area contributed by atoms with Gasteiger partial charge in [0.25, 0.3) is 0 Å². The molecule has 0 N–H and O–H groups in total. The molecule has 0 amide bonds. The Hall–Kier alpha value is -1.38. The Morgan fingerprint density at radius 3 is 2.81 bits per heavy atom. The van der Waals surface area contributed by atoms with Crippen molar-refractivity contribution < 1.29 is 0 Å². The molecule has 0 spiro atoms. The molecule has 0 aliphatic heterocycles. The molecule has 1 aliphatic carbocycles. The van der Waals surface area contributed by atoms with E-state index in [4.69, 9.17) is 0 Å². The van der Waals surface area contributed by atoms with Gasteiger partial charge in [-0.05, 0) is 25.0 Å². The van der Waals surface area contributed by atoms with Crippen LogP contribution in [0.1, 0.15) is 37.8 Å². The van der Waals surface area contributed by atoms with Gasteiger partial charge in [0.1, 0.15) is 0 Å². The van der Waals surface area contributed by atoms with Crippen LogP contribution < -0.4 is 4.90 Å². The van der Waals surface area contributed by atoms with Gasteiger partial charge in [-0.25, -0.2) is 9.97 Å². The smallest absolute Gasteiger partial charge is 0.225 e. The summed E-state index contributed by atoms with van der Waals surface area (Å²) in [4.78, 5) is 11.0. The lowest BCUT2D eigenvalue weighted by Crippen LogP contribution is -2.34. The number of aromatic nitrogens is 2. The molecule has 0 atom stereocenters. The minimum atomic E-state index is 0.605. The molecule has 1 aliphatic rings. The SMILES string of the molecule is C=Cc1ccnc(N(C)C2CCCCC2)n1. The topological polar surface area (TPSA) is 29.0 Å². The summed E-state index contributed by atoms with van der Waals surface area (Å²) in [6.07, 6.45) is 10.1.